The predicted octanol–water partition coefficient (Wildman–Crippen LogP) is 1.01. The third kappa shape index (κ3) is 4.13. The minimum absolute atomic E-state index is 0.167. The van der Waals surface area contributed by atoms with E-state index >= 15 is 0 Å². The van der Waals surface area contributed by atoms with Crippen LogP contribution in [0.5, 0.6) is 0 Å². The molecule has 0 heterocycles. The largest absolute Gasteiger partial charge is 0.402 e. The summed E-state index contributed by atoms with van der Waals surface area (Å²) in [6, 6.07) is 0. The Balaban J connectivity index is 4.34. The third-order valence-corrected chi connectivity index (χ3v) is 3.20. The van der Waals surface area contributed by atoms with Crippen LogP contribution in [0.25, 0.3) is 0 Å². The van der Waals surface area contributed by atoms with Crippen molar-refractivity contribution in [2.45, 2.75) is 6.18 Å². The van der Waals surface area contributed by atoms with Crippen LogP contribution in [0.1, 0.15) is 0 Å². The van der Waals surface area contributed by atoms with E-state index in [2.05, 4.69) is 0 Å². The average Bonchev–Trinajstić information content (AvgIpc) is 1.84. The molecule has 0 radical (unpaired) electrons. The fourth-order valence-corrected chi connectivity index (χ4v) is 1.44. The van der Waals surface area contributed by atoms with Crippen LogP contribution < -0.4 is 0 Å². The average molecular weight is 226 g/mol. The van der Waals surface area contributed by atoms with Gasteiger partial charge in [-0.2, -0.15) is 17.5 Å². The van der Waals surface area contributed by atoms with Gasteiger partial charge in [0.15, 0.2) is 0 Å². The van der Waals surface area contributed by atoms with Gasteiger partial charge in [0.25, 0.3) is 0 Å². The lowest BCUT2D eigenvalue weighted by molar-refractivity contribution is -0.134. The quantitative estimate of drug-likeness (QED) is 0.673. The molecule has 8 heteroatoms. The van der Waals surface area contributed by atoms with Crippen molar-refractivity contribution in [2.75, 3.05) is 18.8 Å². The summed E-state index contributed by atoms with van der Waals surface area (Å²) >= 11 is 4.92. The Labute approximate surface area is 73.2 Å². The number of sulfonamides is 1. The van der Waals surface area contributed by atoms with Gasteiger partial charge in [-0.1, -0.05) is 0 Å². The summed E-state index contributed by atoms with van der Waals surface area (Å²) in [4.78, 5) is 0. The molecule has 0 spiro atoms. The third-order valence-electron chi connectivity index (χ3n) is 1.01. The lowest BCUT2D eigenvalue weighted by atomic mass is 10.6. The van der Waals surface area contributed by atoms with Crippen molar-refractivity contribution in [3.63, 3.8) is 0 Å². The highest BCUT2D eigenvalue weighted by atomic mass is 35.5. The molecule has 74 valence electrons. The van der Waals surface area contributed by atoms with E-state index in [-0.39, 0.29) is 4.31 Å². The summed E-state index contributed by atoms with van der Waals surface area (Å²) in [6.45, 7) is -1.51. The Kier molecular flexibility index (Phi) is 3.80. The van der Waals surface area contributed by atoms with Gasteiger partial charge >= 0.3 is 6.18 Å². The topological polar surface area (TPSA) is 37.4 Å². The molecule has 0 aromatic carbocycles. The molecule has 0 fully saturated rings. The van der Waals surface area contributed by atoms with Gasteiger partial charge < -0.3 is 0 Å². The number of hydrogen-bond donors (Lipinski definition) is 0. The molecule has 0 rings (SSSR count). The molecule has 0 bridgehead atoms. The molecule has 0 saturated carbocycles. The van der Waals surface area contributed by atoms with Crippen LogP contribution >= 0.6 is 11.6 Å². The monoisotopic (exact) mass is 225 g/mol. The van der Waals surface area contributed by atoms with Crippen LogP contribution in [0, 0.1) is 0 Å². The Hall–Kier alpha value is -0.0100. The van der Waals surface area contributed by atoms with Crippen LogP contribution in [0.2, 0.25) is 0 Å². The zero-order valence-electron chi connectivity index (χ0n) is 6.10. The van der Waals surface area contributed by atoms with Crippen LogP contribution in [-0.4, -0.2) is 37.7 Å². The van der Waals surface area contributed by atoms with E-state index in [0.29, 0.717) is 0 Å². The van der Waals surface area contributed by atoms with Crippen LogP contribution in [0.4, 0.5) is 13.2 Å². The molecule has 0 amide bonds. The van der Waals surface area contributed by atoms with Gasteiger partial charge in [-0.25, -0.2) is 8.42 Å². The van der Waals surface area contributed by atoms with Gasteiger partial charge in [-0.15, -0.1) is 11.6 Å². The molecule has 0 saturated heterocycles. The SMILES string of the molecule is CN(CC(F)(F)F)S(=O)(=O)CCl. The van der Waals surface area contributed by atoms with Crippen molar-refractivity contribution in [3.8, 4) is 0 Å². The number of nitrogens with zero attached hydrogens (tertiary/aromatic N) is 1. The number of hydrogen-bond acceptors (Lipinski definition) is 2. The van der Waals surface area contributed by atoms with E-state index in [0.717, 1.165) is 7.05 Å². The van der Waals surface area contributed by atoms with Gasteiger partial charge in [-0.05, 0) is 0 Å². The van der Waals surface area contributed by atoms with Crippen molar-refractivity contribution in [3.05, 3.63) is 0 Å². The van der Waals surface area contributed by atoms with Gasteiger partial charge in [-0.3, -0.25) is 0 Å². The van der Waals surface area contributed by atoms with E-state index in [9.17, 15) is 21.6 Å². The second-order valence-corrected chi connectivity index (χ2v) is 4.75. The van der Waals surface area contributed by atoms with Crippen molar-refractivity contribution < 1.29 is 21.6 Å². The Morgan fingerprint density at radius 3 is 2.08 bits per heavy atom. The van der Waals surface area contributed by atoms with E-state index in [1.54, 1.807) is 0 Å². The van der Waals surface area contributed by atoms with Crippen molar-refractivity contribution in [1.82, 2.24) is 4.31 Å². The standard InChI is InChI=1S/C4H7ClF3NO2S/c1-9(2-4(6,7)8)12(10,11)3-5/h2-3H2,1H3. The molecule has 12 heavy (non-hydrogen) atoms. The highest BCUT2D eigenvalue weighted by molar-refractivity contribution is 7.90. The lowest BCUT2D eigenvalue weighted by Gasteiger charge is -2.16. The number of alkyl halides is 4. The highest BCUT2D eigenvalue weighted by Crippen LogP contribution is 2.17. The maximum atomic E-state index is 11.6. The van der Waals surface area contributed by atoms with Gasteiger partial charge in [0.1, 0.15) is 11.8 Å². The summed E-state index contributed by atoms with van der Waals surface area (Å²) < 4.78 is 56.4. The fraction of sp³-hybridized carbons (Fsp3) is 1.00. The van der Waals surface area contributed by atoms with Crippen molar-refractivity contribution >= 4 is 21.6 Å². The molecular formula is C4H7ClF3NO2S. The minimum atomic E-state index is -4.53. The second kappa shape index (κ2) is 3.80. The predicted molar refractivity (Wildman–Crippen MR) is 38.3 cm³/mol. The maximum Gasteiger partial charge on any atom is 0.402 e. The molecule has 0 atom stereocenters. The zero-order chi connectivity index (χ0) is 9.99. The molecular weight excluding hydrogens is 219 g/mol. The summed E-state index contributed by atoms with van der Waals surface area (Å²) in [7, 11) is -3.13. The zero-order valence-corrected chi connectivity index (χ0v) is 7.67. The first-order chi connectivity index (χ1) is 5.19. The van der Waals surface area contributed by atoms with E-state index in [1.807, 2.05) is 0 Å². The van der Waals surface area contributed by atoms with Crippen LogP contribution in [0.3, 0.4) is 0 Å². The summed E-state index contributed by atoms with van der Waals surface area (Å²) in [5.74, 6) is 0. The van der Waals surface area contributed by atoms with Gasteiger partial charge in [0.05, 0.1) is 0 Å². The first-order valence-corrected chi connectivity index (χ1v) is 4.90. The molecule has 0 N–H and O–H groups in total. The van der Waals surface area contributed by atoms with Crippen molar-refractivity contribution in [2.24, 2.45) is 0 Å². The minimum Gasteiger partial charge on any atom is -0.211 e. The Morgan fingerprint density at radius 1 is 1.42 bits per heavy atom. The van der Waals surface area contributed by atoms with Crippen molar-refractivity contribution in [1.29, 1.82) is 0 Å². The van der Waals surface area contributed by atoms with Crippen LogP contribution in [-0.2, 0) is 10.0 Å². The first-order valence-electron chi connectivity index (χ1n) is 2.76. The molecule has 0 aliphatic heterocycles. The number of halogens is 4. The Bertz CT molecular complexity index is 237. The van der Waals surface area contributed by atoms with Gasteiger partial charge in [0, 0.05) is 7.05 Å². The van der Waals surface area contributed by atoms with Crippen LogP contribution in [0.15, 0.2) is 0 Å². The normalized spacial score (nSPS) is 13.8. The van der Waals surface area contributed by atoms with E-state index in [4.69, 9.17) is 11.6 Å². The molecule has 0 aromatic rings. The highest BCUT2D eigenvalue weighted by Gasteiger charge is 2.33. The second-order valence-electron chi connectivity index (χ2n) is 2.09. The molecule has 0 aliphatic carbocycles. The molecule has 0 unspecified atom stereocenters. The van der Waals surface area contributed by atoms with E-state index in [1.165, 1.54) is 0 Å². The molecule has 0 aliphatic rings. The smallest absolute Gasteiger partial charge is 0.211 e. The first kappa shape index (κ1) is 12.0. The fourth-order valence-electron chi connectivity index (χ4n) is 0.434. The Morgan fingerprint density at radius 2 is 1.83 bits per heavy atom. The number of rotatable bonds is 3. The summed E-state index contributed by atoms with van der Waals surface area (Å²) in [5, 5.41) is -0.848. The summed E-state index contributed by atoms with van der Waals surface area (Å²) in [6.07, 6.45) is -4.53. The lowest BCUT2D eigenvalue weighted by Crippen LogP contribution is -2.36. The summed E-state index contributed by atoms with van der Waals surface area (Å²) in [5.41, 5.74) is 0. The van der Waals surface area contributed by atoms with Gasteiger partial charge in [0.2, 0.25) is 10.0 Å². The maximum absolute atomic E-state index is 11.6. The molecule has 0 aromatic heterocycles. The molecule has 3 nitrogen and oxygen atoms in total. The van der Waals surface area contributed by atoms with E-state index < -0.39 is 28.0 Å².